The van der Waals surface area contributed by atoms with Crippen LogP contribution in [0.2, 0.25) is 0 Å². The van der Waals surface area contributed by atoms with Crippen molar-refractivity contribution in [2.24, 2.45) is 0 Å². The highest BCUT2D eigenvalue weighted by molar-refractivity contribution is 9.10. The second-order valence-electron chi connectivity index (χ2n) is 3.20. The fourth-order valence-electron chi connectivity index (χ4n) is 1.48. The molecule has 1 heterocycles. The van der Waals surface area contributed by atoms with E-state index in [2.05, 4.69) is 21.2 Å². The third kappa shape index (κ3) is 1.70. The minimum Gasteiger partial charge on any atom is -0.342 e. The molecule has 0 bridgehead atoms. The van der Waals surface area contributed by atoms with E-state index in [1.54, 1.807) is 0 Å². The molecule has 0 saturated carbocycles. The third-order valence-corrected chi connectivity index (χ3v) is 2.69. The van der Waals surface area contributed by atoms with Gasteiger partial charge < -0.3 is 5.32 Å². The lowest BCUT2D eigenvalue weighted by atomic mass is 10.0. The fourth-order valence-corrected chi connectivity index (χ4v) is 1.74. The van der Waals surface area contributed by atoms with Crippen LogP contribution in [0.1, 0.15) is 18.0 Å². The van der Waals surface area contributed by atoms with Gasteiger partial charge in [-0.05, 0) is 17.7 Å². The molecule has 1 saturated heterocycles. The van der Waals surface area contributed by atoms with Gasteiger partial charge in [-0.1, -0.05) is 28.1 Å². The Balaban J connectivity index is 2.27. The lowest BCUT2D eigenvalue weighted by molar-refractivity contribution is -0.122. The Morgan fingerprint density at radius 1 is 1.21 bits per heavy atom. The lowest BCUT2D eigenvalue weighted by Crippen LogP contribution is -2.20. The number of Topliss-reactive ketones (excluding diaryl/α,β-unsaturated/α-hetero) is 1. The van der Waals surface area contributed by atoms with Crippen molar-refractivity contribution in [3.8, 4) is 0 Å². The van der Waals surface area contributed by atoms with Crippen molar-refractivity contribution in [2.75, 3.05) is 0 Å². The van der Waals surface area contributed by atoms with Crippen molar-refractivity contribution >= 4 is 27.6 Å². The van der Waals surface area contributed by atoms with Crippen molar-refractivity contribution < 1.29 is 9.59 Å². The van der Waals surface area contributed by atoms with Crippen molar-refractivity contribution in [2.45, 2.75) is 12.5 Å². The molecule has 2 rings (SSSR count). The zero-order valence-corrected chi connectivity index (χ0v) is 8.87. The van der Waals surface area contributed by atoms with Crippen LogP contribution in [0, 0.1) is 0 Å². The molecule has 1 aromatic carbocycles. The summed E-state index contributed by atoms with van der Waals surface area (Å²) in [5.41, 5.74) is 0.837. The predicted molar refractivity (Wildman–Crippen MR) is 54.6 cm³/mol. The molecule has 0 aliphatic carbocycles. The van der Waals surface area contributed by atoms with E-state index >= 15 is 0 Å². The van der Waals surface area contributed by atoms with Gasteiger partial charge in [0.15, 0.2) is 5.78 Å². The fraction of sp³-hybridized carbons (Fsp3) is 0.200. The van der Waals surface area contributed by atoms with Gasteiger partial charge in [-0.15, -0.1) is 0 Å². The molecule has 1 amide bonds. The normalized spacial score (nSPS) is 21.1. The Labute approximate surface area is 89.6 Å². The molecule has 1 aromatic rings. The lowest BCUT2D eigenvalue weighted by Gasteiger charge is -2.08. The molecule has 3 nitrogen and oxygen atoms in total. The Morgan fingerprint density at radius 3 is 2.36 bits per heavy atom. The molecule has 1 aliphatic rings. The van der Waals surface area contributed by atoms with E-state index < -0.39 is 6.04 Å². The number of ketones is 1. The van der Waals surface area contributed by atoms with Gasteiger partial charge in [-0.2, -0.15) is 0 Å². The van der Waals surface area contributed by atoms with Crippen LogP contribution < -0.4 is 5.32 Å². The number of hydrogen-bond donors (Lipinski definition) is 1. The number of benzene rings is 1. The highest BCUT2D eigenvalue weighted by atomic mass is 79.9. The number of halogens is 1. The molecule has 1 fully saturated rings. The topological polar surface area (TPSA) is 46.2 Å². The second kappa shape index (κ2) is 3.53. The number of nitrogens with one attached hydrogen (secondary N) is 1. The van der Waals surface area contributed by atoms with Gasteiger partial charge in [-0.3, -0.25) is 9.59 Å². The monoisotopic (exact) mass is 253 g/mol. The van der Waals surface area contributed by atoms with E-state index in [4.69, 9.17) is 0 Å². The zero-order chi connectivity index (χ0) is 10.1. The van der Waals surface area contributed by atoms with Gasteiger partial charge in [0.05, 0.1) is 6.42 Å². The molecule has 72 valence electrons. The standard InChI is InChI=1S/C10H8BrNO2/c11-7-3-1-6(2-4-7)10-8(13)5-9(14)12-10/h1-4,10H,5H2,(H,12,14). The van der Waals surface area contributed by atoms with Crippen LogP contribution in [0.3, 0.4) is 0 Å². The SMILES string of the molecule is O=C1CC(=O)C(c2ccc(Br)cc2)N1. The van der Waals surface area contributed by atoms with Gasteiger partial charge in [0, 0.05) is 4.47 Å². The molecule has 1 N–H and O–H groups in total. The largest absolute Gasteiger partial charge is 0.342 e. The number of amides is 1. The average Bonchev–Trinajstić information content (AvgIpc) is 2.47. The molecule has 0 aromatic heterocycles. The van der Waals surface area contributed by atoms with E-state index in [1.165, 1.54) is 0 Å². The maximum Gasteiger partial charge on any atom is 0.228 e. The van der Waals surface area contributed by atoms with Gasteiger partial charge in [-0.25, -0.2) is 0 Å². The van der Waals surface area contributed by atoms with Crippen molar-refractivity contribution in [3.05, 3.63) is 34.3 Å². The minimum absolute atomic E-state index is 0.000725. The summed E-state index contributed by atoms with van der Waals surface area (Å²) in [4.78, 5) is 22.3. The summed E-state index contributed by atoms with van der Waals surface area (Å²) in [5.74, 6) is -0.250. The highest BCUT2D eigenvalue weighted by Gasteiger charge is 2.30. The van der Waals surface area contributed by atoms with Gasteiger partial charge in [0.25, 0.3) is 0 Å². The van der Waals surface area contributed by atoms with Gasteiger partial charge in [0.1, 0.15) is 6.04 Å². The molecule has 14 heavy (non-hydrogen) atoms. The van der Waals surface area contributed by atoms with E-state index in [9.17, 15) is 9.59 Å². The first-order chi connectivity index (χ1) is 6.66. The first kappa shape index (κ1) is 9.40. The first-order valence-electron chi connectivity index (χ1n) is 4.24. The number of carbonyl (C=O) groups is 2. The van der Waals surface area contributed by atoms with E-state index in [0.29, 0.717) is 0 Å². The average molecular weight is 254 g/mol. The highest BCUT2D eigenvalue weighted by Crippen LogP contribution is 2.22. The van der Waals surface area contributed by atoms with Crippen LogP contribution in [0.15, 0.2) is 28.7 Å². The van der Waals surface area contributed by atoms with E-state index in [1.807, 2.05) is 24.3 Å². The van der Waals surface area contributed by atoms with Gasteiger partial charge in [0.2, 0.25) is 5.91 Å². The molecular weight excluding hydrogens is 246 g/mol. The summed E-state index contributed by atoms with van der Waals surface area (Å²) in [6, 6.07) is 6.92. The third-order valence-electron chi connectivity index (χ3n) is 2.17. The Kier molecular flexibility index (Phi) is 2.37. The molecule has 1 atom stereocenters. The number of carbonyl (C=O) groups excluding carboxylic acids is 2. The van der Waals surface area contributed by atoms with Crippen LogP contribution in [0.25, 0.3) is 0 Å². The summed E-state index contributed by atoms with van der Waals surface area (Å²) in [5, 5.41) is 2.64. The molecule has 1 aliphatic heterocycles. The van der Waals surface area contributed by atoms with Crippen LogP contribution in [0.4, 0.5) is 0 Å². The van der Waals surface area contributed by atoms with E-state index in [0.717, 1.165) is 10.0 Å². The number of hydrogen-bond acceptors (Lipinski definition) is 2. The van der Waals surface area contributed by atoms with Crippen molar-refractivity contribution in [1.82, 2.24) is 5.32 Å². The quantitative estimate of drug-likeness (QED) is 0.773. The molecular formula is C10H8BrNO2. The summed E-state index contributed by atoms with van der Waals surface area (Å²) in [6.45, 7) is 0. The first-order valence-corrected chi connectivity index (χ1v) is 5.03. The molecule has 4 heteroatoms. The Bertz CT molecular complexity index is 386. The summed E-state index contributed by atoms with van der Waals surface area (Å²) in [6.07, 6.45) is 0.000725. The summed E-state index contributed by atoms with van der Waals surface area (Å²) in [7, 11) is 0. The van der Waals surface area contributed by atoms with Crippen LogP contribution in [-0.4, -0.2) is 11.7 Å². The van der Waals surface area contributed by atoms with Crippen LogP contribution in [-0.2, 0) is 9.59 Å². The maximum atomic E-state index is 11.4. The van der Waals surface area contributed by atoms with Crippen molar-refractivity contribution in [1.29, 1.82) is 0 Å². The summed E-state index contributed by atoms with van der Waals surface area (Å²) < 4.78 is 0.957. The maximum absolute atomic E-state index is 11.4. The zero-order valence-electron chi connectivity index (χ0n) is 7.29. The van der Waals surface area contributed by atoms with Gasteiger partial charge >= 0.3 is 0 Å². The molecule has 0 spiro atoms. The minimum atomic E-state index is -0.449. The second-order valence-corrected chi connectivity index (χ2v) is 4.11. The molecule has 0 radical (unpaired) electrons. The Hall–Kier alpha value is -1.16. The molecule has 1 unspecified atom stereocenters. The number of rotatable bonds is 1. The smallest absolute Gasteiger partial charge is 0.228 e. The van der Waals surface area contributed by atoms with E-state index in [-0.39, 0.29) is 18.1 Å². The predicted octanol–water partition coefficient (Wildman–Crippen LogP) is 1.58. The van der Waals surface area contributed by atoms with Crippen LogP contribution >= 0.6 is 15.9 Å². The summed E-state index contributed by atoms with van der Waals surface area (Å²) >= 11 is 3.31. The Morgan fingerprint density at radius 2 is 1.86 bits per heavy atom. The van der Waals surface area contributed by atoms with Crippen LogP contribution in [0.5, 0.6) is 0 Å². The van der Waals surface area contributed by atoms with Crippen molar-refractivity contribution in [3.63, 3.8) is 0 Å².